The minimum Gasteiger partial charge on any atom is -0.384 e. The Hall–Kier alpha value is -0.860. The summed E-state index contributed by atoms with van der Waals surface area (Å²) >= 11 is 0. The SMILES string of the molecule is C[C@](O)(c1ccccc1)[C@@H]1CCN1. The molecule has 1 aromatic rings. The van der Waals surface area contributed by atoms with Gasteiger partial charge in [0.15, 0.2) is 0 Å². The average Bonchev–Trinajstić information content (AvgIpc) is 2.02. The van der Waals surface area contributed by atoms with Crippen molar-refractivity contribution in [2.75, 3.05) is 6.54 Å². The molecule has 2 N–H and O–H groups in total. The number of benzene rings is 1. The highest BCUT2D eigenvalue weighted by Gasteiger charge is 2.36. The Labute approximate surface area is 78.6 Å². The van der Waals surface area contributed by atoms with Gasteiger partial charge in [-0.15, -0.1) is 0 Å². The van der Waals surface area contributed by atoms with Crippen LogP contribution in [0.5, 0.6) is 0 Å². The first-order valence-electron chi connectivity index (χ1n) is 4.72. The fraction of sp³-hybridized carbons (Fsp3) is 0.455. The number of hydrogen-bond donors (Lipinski definition) is 2. The molecule has 0 amide bonds. The lowest BCUT2D eigenvalue weighted by Crippen LogP contribution is -2.55. The van der Waals surface area contributed by atoms with E-state index in [9.17, 15) is 5.11 Å². The minimum atomic E-state index is -0.723. The first kappa shape index (κ1) is 8.73. The van der Waals surface area contributed by atoms with Gasteiger partial charge in [-0.1, -0.05) is 30.3 Å². The summed E-state index contributed by atoms with van der Waals surface area (Å²) in [6.45, 7) is 2.90. The van der Waals surface area contributed by atoms with Crippen LogP contribution >= 0.6 is 0 Å². The van der Waals surface area contributed by atoms with Gasteiger partial charge in [-0.3, -0.25) is 0 Å². The Bertz CT molecular complexity index is 277. The summed E-state index contributed by atoms with van der Waals surface area (Å²) in [6, 6.07) is 10.0. The quantitative estimate of drug-likeness (QED) is 0.712. The topological polar surface area (TPSA) is 32.3 Å². The summed E-state index contributed by atoms with van der Waals surface area (Å²) in [6.07, 6.45) is 1.06. The van der Waals surface area contributed by atoms with Crippen molar-refractivity contribution in [2.45, 2.75) is 25.0 Å². The van der Waals surface area contributed by atoms with Crippen molar-refractivity contribution in [3.05, 3.63) is 35.9 Å². The molecule has 1 heterocycles. The van der Waals surface area contributed by atoms with E-state index in [1.807, 2.05) is 37.3 Å². The molecule has 0 spiro atoms. The summed E-state index contributed by atoms with van der Waals surface area (Å²) in [5.74, 6) is 0. The molecule has 2 rings (SSSR count). The van der Waals surface area contributed by atoms with Gasteiger partial charge >= 0.3 is 0 Å². The van der Waals surface area contributed by atoms with Gasteiger partial charge in [-0.25, -0.2) is 0 Å². The second-order valence-corrected chi connectivity index (χ2v) is 3.81. The monoisotopic (exact) mass is 177 g/mol. The highest BCUT2D eigenvalue weighted by atomic mass is 16.3. The van der Waals surface area contributed by atoms with E-state index in [2.05, 4.69) is 5.32 Å². The fourth-order valence-electron chi connectivity index (χ4n) is 1.75. The van der Waals surface area contributed by atoms with Crippen molar-refractivity contribution >= 4 is 0 Å². The van der Waals surface area contributed by atoms with Gasteiger partial charge in [0.2, 0.25) is 0 Å². The Kier molecular flexibility index (Phi) is 2.10. The molecule has 1 aliphatic heterocycles. The fourth-order valence-corrected chi connectivity index (χ4v) is 1.75. The summed E-state index contributed by atoms with van der Waals surface area (Å²) in [5.41, 5.74) is 0.270. The van der Waals surface area contributed by atoms with E-state index in [-0.39, 0.29) is 6.04 Å². The predicted molar refractivity (Wildman–Crippen MR) is 52.4 cm³/mol. The van der Waals surface area contributed by atoms with Crippen LogP contribution in [0, 0.1) is 0 Å². The lowest BCUT2D eigenvalue weighted by molar-refractivity contribution is -0.00908. The first-order valence-corrected chi connectivity index (χ1v) is 4.72. The van der Waals surface area contributed by atoms with Crippen LogP contribution in [-0.2, 0) is 5.60 Å². The molecular weight excluding hydrogens is 162 g/mol. The van der Waals surface area contributed by atoms with Crippen LogP contribution in [0.3, 0.4) is 0 Å². The van der Waals surface area contributed by atoms with E-state index < -0.39 is 5.60 Å². The molecule has 0 saturated carbocycles. The number of hydrogen-bond acceptors (Lipinski definition) is 2. The molecule has 1 fully saturated rings. The third-order valence-corrected chi connectivity index (χ3v) is 2.86. The van der Waals surface area contributed by atoms with Crippen molar-refractivity contribution in [1.82, 2.24) is 5.32 Å². The van der Waals surface area contributed by atoms with Crippen molar-refractivity contribution in [1.29, 1.82) is 0 Å². The third-order valence-electron chi connectivity index (χ3n) is 2.86. The van der Waals surface area contributed by atoms with Gasteiger partial charge in [-0.2, -0.15) is 0 Å². The smallest absolute Gasteiger partial charge is 0.102 e. The van der Waals surface area contributed by atoms with E-state index in [0.29, 0.717) is 0 Å². The van der Waals surface area contributed by atoms with Crippen LogP contribution < -0.4 is 5.32 Å². The highest BCUT2D eigenvalue weighted by molar-refractivity contribution is 5.24. The lowest BCUT2D eigenvalue weighted by Gasteiger charge is -2.40. The molecule has 2 atom stereocenters. The normalized spacial score (nSPS) is 26.2. The molecule has 2 nitrogen and oxygen atoms in total. The van der Waals surface area contributed by atoms with Gasteiger partial charge in [0.25, 0.3) is 0 Å². The highest BCUT2D eigenvalue weighted by Crippen LogP contribution is 2.28. The second kappa shape index (κ2) is 3.13. The number of nitrogens with one attached hydrogen (secondary N) is 1. The first-order chi connectivity index (χ1) is 6.21. The summed E-state index contributed by atoms with van der Waals surface area (Å²) in [4.78, 5) is 0. The molecule has 2 heteroatoms. The molecule has 70 valence electrons. The summed E-state index contributed by atoms with van der Waals surface area (Å²) < 4.78 is 0. The minimum absolute atomic E-state index is 0.218. The maximum atomic E-state index is 10.2. The van der Waals surface area contributed by atoms with Crippen molar-refractivity contribution < 1.29 is 5.11 Å². The molecule has 0 aliphatic carbocycles. The maximum absolute atomic E-state index is 10.2. The van der Waals surface area contributed by atoms with Gasteiger partial charge in [0.05, 0.1) is 0 Å². The van der Waals surface area contributed by atoms with Gasteiger partial charge in [0, 0.05) is 6.04 Å². The van der Waals surface area contributed by atoms with Crippen molar-refractivity contribution in [3.63, 3.8) is 0 Å². The molecule has 1 saturated heterocycles. The van der Waals surface area contributed by atoms with Crippen molar-refractivity contribution in [2.24, 2.45) is 0 Å². The second-order valence-electron chi connectivity index (χ2n) is 3.81. The maximum Gasteiger partial charge on any atom is 0.102 e. The molecule has 0 unspecified atom stereocenters. The Morgan fingerprint density at radius 3 is 2.46 bits per heavy atom. The Morgan fingerprint density at radius 1 is 1.38 bits per heavy atom. The molecule has 0 aromatic heterocycles. The summed E-state index contributed by atoms with van der Waals surface area (Å²) in [5, 5.41) is 13.5. The van der Waals surface area contributed by atoms with Crippen LogP contribution in [0.25, 0.3) is 0 Å². The van der Waals surface area contributed by atoms with Gasteiger partial charge < -0.3 is 10.4 Å². The van der Waals surface area contributed by atoms with Crippen LogP contribution in [0.1, 0.15) is 18.9 Å². The van der Waals surface area contributed by atoms with Crippen molar-refractivity contribution in [3.8, 4) is 0 Å². The molecule has 0 radical (unpaired) electrons. The Balaban J connectivity index is 2.23. The zero-order chi connectivity index (χ0) is 9.31. The zero-order valence-corrected chi connectivity index (χ0v) is 7.83. The largest absolute Gasteiger partial charge is 0.384 e. The van der Waals surface area contributed by atoms with Gasteiger partial charge in [0.1, 0.15) is 5.60 Å². The molecule has 1 aromatic carbocycles. The average molecular weight is 177 g/mol. The summed E-state index contributed by atoms with van der Waals surface area (Å²) in [7, 11) is 0. The molecule has 0 bridgehead atoms. The lowest BCUT2D eigenvalue weighted by atomic mass is 9.83. The number of aliphatic hydroxyl groups is 1. The van der Waals surface area contributed by atoms with E-state index in [1.54, 1.807) is 0 Å². The van der Waals surface area contributed by atoms with E-state index >= 15 is 0 Å². The van der Waals surface area contributed by atoms with Crippen LogP contribution in [0.4, 0.5) is 0 Å². The molecule has 1 aliphatic rings. The predicted octanol–water partition coefficient (Wildman–Crippen LogP) is 1.26. The van der Waals surface area contributed by atoms with E-state index in [1.165, 1.54) is 0 Å². The van der Waals surface area contributed by atoms with E-state index in [0.717, 1.165) is 18.5 Å². The standard InChI is InChI=1S/C11H15NO/c1-11(13,10-7-8-12-10)9-5-3-2-4-6-9/h2-6,10,12-13H,7-8H2,1H3/t10-,11-/m0/s1. The molecule has 13 heavy (non-hydrogen) atoms. The molecular formula is C11H15NO. The number of rotatable bonds is 2. The third kappa shape index (κ3) is 1.47. The van der Waals surface area contributed by atoms with Crippen LogP contribution in [0.15, 0.2) is 30.3 Å². The Morgan fingerprint density at radius 2 is 2.00 bits per heavy atom. The van der Waals surface area contributed by atoms with Crippen LogP contribution in [0.2, 0.25) is 0 Å². The van der Waals surface area contributed by atoms with Crippen LogP contribution in [-0.4, -0.2) is 17.7 Å². The van der Waals surface area contributed by atoms with E-state index in [4.69, 9.17) is 0 Å². The zero-order valence-electron chi connectivity index (χ0n) is 7.83. The van der Waals surface area contributed by atoms with Gasteiger partial charge in [-0.05, 0) is 25.5 Å².